The fraction of sp³-hybridized carbons (Fsp3) is 0.148. The van der Waals surface area contributed by atoms with Crippen LogP contribution < -0.4 is 10.6 Å². The smallest absolute Gasteiger partial charge is 0.274 e. The van der Waals surface area contributed by atoms with E-state index in [1.54, 1.807) is 73.4 Å². The van der Waals surface area contributed by atoms with Crippen LogP contribution in [-0.2, 0) is 16.8 Å². The maximum atomic E-state index is 14.4. The number of carbonyl (C=O) groups excluding carboxylic acids is 2. The van der Waals surface area contributed by atoms with Crippen molar-refractivity contribution in [3.05, 3.63) is 89.8 Å². The predicted molar refractivity (Wildman–Crippen MR) is 138 cm³/mol. The molecule has 1 aliphatic heterocycles. The number of benzene rings is 1. The Bertz CT molecular complexity index is 1730. The Morgan fingerprint density at radius 3 is 2.68 bits per heavy atom. The Balaban J connectivity index is 1.51. The van der Waals surface area contributed by atoms with E-state index < -0.39 is 11.3 Å². The van der Waals surface area contributed by atoms with Gasteiger partial charge in [0, 0.05) is 23.5 Å². The van der Waals surface area contributed by atoms with E-state index in [0.29, 0.717) is 33.5 Å². The van der Waals surface area contributed by atoms with Crippen molar-refractivity contribution >= 4 is 34.4 Å². The molecule has 1 aliphatic rings. The van der Waals surface area contributed by atoms with Gasteiger partial charge in [-0.15, -0.1) is 0 Å². The summed E-state index contributed by atoms with van der Waals surface area (Å²) in [5, 5.41) is 10.9. The summed E-state index contributed by atoms with van der Waals surface area (Å²) in [4.78, 5) is 43.9. The van der Waals surface area contributed by atoms with Gasteiger partial charge >= 0.3 is 0 Å². The molecule has 188 valence electrons. The first kappa shape index (κ1) is 23.3. The largest absolute Gasteiger partial charge is 0.319 e. The maximum Gasteiger partial charge on any atom is 0.274 e. The zero-order valence-electron chi connectivity index (χ0n) is 20.4. The lowest BCUT2D eigenvalue weighted by molar-refractivity contribution is -0.119. The maximum absolute atomic E-state index is 14.4. The van der Waals surface area contributed by atoms with Gasteiger partial charge in [-0.1, -0.05) is 18.2 Å². The van der Waals surface area contributed by atoms with Crippen molar-refractivity contribution in [2.24, 2.45) is 0 Å². The minimum Gasteiger partial charge on any atom is -0.319 e. The Labute approximate surface area is 216 Å². The molecule has 2 N–H and O–H groups in total. The van der Waals surface area contributed by atoms with Crippen LogP contribution in [0.25, 0.3) is 22.6 Å². The molecule has 5 heterocycles. The first-order valence-corrected chi connectivity index (χ1v) is 11.8. The predicted octanol–water partition coefficient (Wildman–Crippen LogP) is 3.95. The number of rotatable bonds is 5. The van der Waals surface area contributed by atoms with E-state index in [0.717, 1.165) is 0 Å². The summed E-state index contributed by atoms with van der Waals surface area (Å²) in [5.41, 5.74) is 1.16. The molecule has 2 amide bonds. The topological polar surface area (TPSA) is 128 Å². The van der Waals surface area contributed by atoms with Crippen LogP contribution in [0, 0.1) is 5.82 Å². The summed E-state index contributed by atoms with van der Waals surface area (Å²) in [6, 6.07) is 13.4. The van der Waals surface area contributed by atoms with Crippen molar-refractivity contribution in [1.82, 2.24) is 29.7 Å². The second-order valence-corrected chi connectivity index (χ2v) is 9.37. The zero-order valence-corrected chi connectivity index (χ0v) is 20.4. The van der Waals surface area contributed by atoms with Crippen molar-refractivity contribution in [2.45, 2.75) is 25.8 Å². The number of amides is 2. The number of pyridine rings is 2. The number of hydrogen-bond donors (Lipinski definition) is 2. The fourth-order valence-corrected chi connectivity index (χ4v) is 4.49. The molecule has 5 aromatic rings. The summed E-state index contributed by atoms with van der Waals surface area (Å²) in [6.07, 6.45) is 4.72. The number of halogens is 1. The summed E-state index contributed by atoms with van der Waals surface area (Å²) >= 11 is 0. The van der Waals surface area contributed by atoms with Gasteiger partial charge in [0.15, 0.2) is 11.5 Å². The fourth-order valence-electron chi connectivity index (χ4n) is 4.49. The molecule has 0 fully saturated rings. The molecule has 4 aromatic heterocycles. The SMILES string of the molecule is CC1(C)C(=O)Nc2nc(-c3nn(Cc4ccccc4F)c4ncccc34)nc(C(=O)Nc3cccnc3)c21. The normalized spacial score (nSPS) is 13.8. The van der Waals surface area contributed by atoms with Gasteiger partial charge in [-0.3, -0.25) is 14.6 Å². The monoisotopic (exact) mass is 508 g/mol. The van der Waals surface area contributed by atoms with E-state index >= 15 is 0 Å². The first-order valence-electron chi connectivity index (χ1n) is 11.8. The molecule has 0 atom stereocenters. The van der Waals surface area contributed by atoms with E-state index in [-0.39, 0.29) is 35.6 Å². The van der Waals surface area contributed by atoms with Crippen LogP contribution >= 0.6 is 0 Å². The van der Waals surface area contributed by atoms with Crippen molar-refractivity contribution in [1.29, 1.82) is 0 Å². The average Bonchev–Trinajstić information content (AvgIpc) is 3.39. The van der Waals surface area contributed by atoms with Crippen LogP contribution in [0.3, 0.4) is 0 Å². The minimum atomic E-state index is -1.04. The molecule has 10 nitrogen and oxygen atoms in total. The van der Waals surface area contributed by atoms with Crippen LogP contribution in [0.4, 0.5) is 15.9 Å². The Hall–Kier alpha value is -5.06. The van der Waals surface area contributed by atoms with E-state index in [1.807, 2.05) is 0 Å². The third-order valence-corrected chi connectivity index (χ3v) is 6.46. The molecular formula is C27H21FN8O2. The highest BCUT2D eigenvalue weighted by atomic mass is 19.1. The highest BCUT2D eigenvalue weighted by Gasteiger charge is 2.44. The highest BCUT2D eigenvalue weighted by molar-refractivity contribution is 6.12. The number of fused-ring (bicyclic) bond motifs is 2. The van der Waals surface area contributed by atoms with Crippen molar-refractivity contribution < 1.29 is 14.0 Å². The van der Waals surface area contributed by atoms with Gasteiger partial charge in [-0.05, 0) is 44.2 Å². The second kappa shape index (κ2) is 8.80. The first-order chi connectivity index (χ1) is 18.3. The lowest BCUT2D eigenvalue weighted by Crippen LogP contribution is -2.29. The molecule has 1 aromatic carbocycles. The van der Waals surface area contributed by atoms with Gasteiger partial charge in [0.25, 0.3) is 5.91 Å². The molecule has 11 heteroatoms. The number of hydrogen-bond acceptors (Lipinski definition) is 7. The Morgan fingerprint density at radius 1 is 1.08 bits per heavy atom. The van der Waals surface area contributed by atoms with E-state index in [1.165, 1.54) is 12.3 Å². The lowest BCUT2D eigenvalue weighted by Gasteiger charge is -2.18. The summed E-state index contributed by atoms with van der Waals surface area (Å²) < 4.78 is 16.0. The van der Waals surface area contributed by atoms with Gasteiger partial charge < -0.3 is 10.6 Å². The third-order valence-electron chi connectivity index (χ3n) is 6.46. The Morgan fingerprint density at radius 2 is 1.89 bits per heavy atom. The molecule has 6 rings (SSSR count). The number of aromatic nitrogens is 6. The van der Waals surface area contributed by atoms with Gasteiger partial charge in [0.05, 0.1) is 29.2 Å². The van der Waals surface area contributed by atoms with Crippen LogP contribution in [0.5, 0.6) is 0 Å². The van der Waals surface area contributed by atoms with Crippen molar-refractivity contribution in [3.8, 4) is 11.5 Å². The molecular weight excluding hydrogens is 487 g/mol. The van der Waals surface area contributed by atoms with Gasteiger partial charge in [0.1, 0.15) is 23.0 Å². The summed E-state index contributed by atoms with van der Waals surface area (Å²) in [7, 11) is 0. The van der Waals surface area contributed by atoms with Crippen LogP contribution in [0.1, 0.15) is 35.5 Å². The average molecular weight is 509 g/mol. The molecule has 0 unspecified atom stereocenters. The van der Waals surface area contributed by atoms with E-state index in [4.69, 9.17) is 0 Å². The molecule has 0 aliphatic carbocycles. The zero-order chi connectivity index (χ0) is 26.4. The van der Waals surface area contributed by atoms with Crippen LogP contribution in [-0.4, -0.2) is 41.5 Å². The number of nitrogens with zero attached hydrogens (tertiary/aromatic N) is 6. The van der Waals surface area contributed by atoms with Gasteiger partial charge in [0.2, 0.25) is 5.91 Å². The number of carbonyl (C=O) groups is 2. The van der Waals surface area contributed by atoms with Crippen molar-refractivity contribution in [2.75, 3.05) is 10.6 Å². The quantitative estimate of drug-likeness (QED) is 0.368. The molecule has 0 spiro atoms. The molecule has 0 saturated carbocycles. The molecule has 0 radical (unpaired) electrons. The minimum absolute atomic E-state index is 0.0397. The van der Waals surface area contributed by atoms with Crippen molar-refractivity contribution in [3.63, 3.8) is 0 Å². The number of anilines is 2. The summed E-state index contributed by atoms with van der Waals surface area (Å²) in [6.45, 7) is 3.55. The van der Waals surface area contributed by atoms with E-state index in [9.17, 15) is 14.0 Å². The summed E-state index contributed by atoms with van der Waals surface area (Å²) in [5.74, 6) is -0.811. The third kappa shape index (κ3) is 3.84. The van der Waals surface area contributed by atoms with Gasteiger partial charge in [-0.25, -0.2) is 24.0 Å². The van der Waals surface area contributed by atoms with Crippen LogP contribution in [0.2, 0.25) is 0 Å². The van der Waals surface area contributed by atoms with Crippen LogP contribution in [0.15, 0.2) is 67.1 Å². The second-order valence-electron chi connectivity index (χ2n) is 9.37. The molecule has 0 bridgehead atoms. The molecule has 38 heavy (non-hydrogen) atoms. The van der Waals surface area contributed by atoms with Gasteiger partial charge in [-0.2, -0.15) is 5.10 Å². The number of nitrogens with one attached hydrogen (secondary N) is 2. The van der Waals surface area contributed by atoms with E-state index in [2.05, 4.69) is 35.7 Å². The standard InChI is InChI=1S/C27H21FN8O2/c1-27(2)19-21(25(37)31-16-8-5-11-29-13-16)32-23(33-22(19)34-26(27)38)20-17-9-6-12-30-24(17)36(35-20)14-15-7-3-4-10-18(15)28/h3-13H,14H2,1-2H3,(H,31,37)(H,32,33,34,38). The lowest BCUT2D eigenvalue weighted by atomic mass is 9.85. The Kier molecular flexibility index (Phi) is 5.41. The highest BCUT2D eigenvalue weighted by Crippen LogP contribution is 2.40. The molecule has 0 saturated heterocycles.